The highest BCUT2D eigenvalue weighted by atomic mass is 28.4. The van der Waals surface area contributed by atoms with E-state index in [-0.39, 0.29) is 90.1 Å². The molecule has 2 aliphatic rings. The maximum Gasteiger partial charge on any atom is 0.407 e. The van der Waals surface area contributed by atoms with Crippen LogP contribution < -0.4 is 21.3 Å². The van der Waals surface area contributed by atoms with Crippen LogP contribution in [-0.4, -0.2) is 150 Å². The van der Waals surface area contributed by atoms with E-state index in [9.17, 15) is 28.8 Å². The Kier molecular flexibility index (Phi) is 27.4. The van der Waals surface area contributed by atoms with Crippen molar-refractivity contribution in [2.24, 2.45) is 21.7 Å². The van der Waals surface area contributed by atoms with Gasteiger partial charge in [0, 0.05) is 55.1 Å². The first-order chi connectivity index (χ1) is 34.6. The van der Waals surface area contributed by atoms with E-state index in [2.05, 4.69) is 116 Å². The normalized spacial score (nSPS) is 21.4. The van der Waals surface area contributed by atoms with Crippen molar-refractivity contribution in [1.29, 1.82) is 0 Å². The zero-order valence-corrected chi connectivity index (χ0v) is 50.5. The average molecular weight is 1100 g/mol. The first-order valence-corrected chi connectivity index (χ1v) is 33.3. The fourth-order valence-corrected chi connectivity index (χ4v) is 18.0. The SMILES string of the molecule is C=C(C)C(=O)OCCOC(=O)NCC1(C)CC(NC(=O)OCCOCCC[Si](C)(C)CC(C)(C)O[Si](C)(C)CCCOCCOC(=O)NC2CC(C)(C)CC(C)(CNC(=O)OCCOC(=O)C(=C)C)C2)CC(C)(C)C1. The van der Waals surface area contributed by atoms with Gasteiger partial charge >= 0.3 is 36.3 Å². The van der Waals surface area contributed by atoms with Crippen molar-refractivity contribution < 1.29 is 71.1 Å². The van der Waals surface area contributed by atoms with Crippen LogP contribution in [0.2, 0.25) is 44.3 Å². The molecule has 0 aromatic rings. The standard InChI is InChI=1S/C54H98N4O15Si2/c1-40(2)44(59)67-25-27-69-46(61)55-37-53(11)33-42(31-50(5,6)35-53)57-48(63)71-23-21-65-19-17-29-74(13,14)39-52(9,10)73-75(15,16)30-18-20-66-22-24-72-49(64)58-43-32-51(7,8)36-54(12,34-43)38-56-47(62)70-28-26-68-45(60)41(3)4/h42-43H,1,3,17-39H2,2,4-16H3,(H,55,61)(H,56,62)(H,57,63)(H,58,64). The molecule has 2 fully saturated rings. The van der Waals surface area contributed by atoms with Crippen molar-refractivity contribution in [3.8, 4) is 0 Å². The van der Waals surface area contributed by atoms with Gasteiger partial charge in [0.2, 0.25) is 0 Å². The summed E-state index contributed by atoms with van der Waals surface area (Å²) in [6, 6.07) is 2.77. The van der Waals surface area contributed by atoms with Crippen LogP contribution in [0.5, 0.6) is 0 Å². The summed E-state index contributed by atoms with van der Waals surface area (Å²) < 4.78 is 49.8. The molecule has 2 rings (SSSR count). The Morgan fingerprint density at radius 1 is 0.520 bits per heavy atom. The quantitative estimate of drug-likeness (QED) is 0.0161. The fourth-order valence-electron chi connectivity index (χ4n) is 11.5. The number of carbonyl (C=O) groups is 6. The number of alkyl carbamates (subject to hydrolysis) is 4. The van der Waals surface area contributed by atoms with Crippen molar-refractivity contribution in [3.63, 3.8) is 0 Å². The Balaban J connectivity index is 1.61. The van der Waals surface area contributed by atoms with Crippen molar-refractivity contribution >= 4 is 52.7 Å². The van der Waals surface area contributed by atoms with Crippen molar-refractivity contribution in [1.82, 2.24) is 21.3 Å². The molecule has 75 heavy (non-hydrogen) atoms. The van der Waals surface area contributed by atoms with E-state index in [4.69, 9.17) is 42.3 Å². The lowest BCUT2D eigenvalue weighted by Crippen LogP contribution is -2.50. The highest BCUT2D eigenvalue weighted by molar-refractivity contribution is 6.77. The number of amides is 4. The summed E-state index contributed by atoms with van der Waals surface area (Å²) in [6.45, 7) is 39.1. The average Bonchev–Trinajstić information content (AvgIpc) is 3.24. The predicted octanol–water partition coefficient (Wildman–Crippen LogP) is 9.82. The lowest BCUT2D eigenvalue weighted by Gasteiger charge is -2.46. The van der Waals surface area contributed by atoms with E-state index in [1.165, 1.54) is 0 Å². The molecule has 19 nitrogen and oxygen atoms in total. The summed E-state index contributed by atoms with van der Waals surface area (Å²) in [4.78, 5) is 73.3. The van der Waals surface area contributed by atoms with E-state index in [0.29, 0.717) is 52.4 Å². The molecular weight excluding hydrogens is 1000 g/mol. The number of hydrogen-bond acceptors (Lipinski definition) is 15. The second kappa shape index (κ2) is 30.7. The second-order valence-corrected chi connectivity index (χ2v) is 34.7. The van der Waals surface area contributed by atoms with Crippen LogP contribution in [0.25, 0.3) is 0 Å². The third-order valence-corrected chi connectivity index (χ3v) is 19.4. The Labute approximate surface area is 451 Å². The highest BCUT2D eigenvalue weighted by Gasteiger charge is 2.44. The molecular formula is C54H98N4O15Si2. The minimum Gasteiger partial charge on any atom is -0.459 e. The summed E-state index contributed by atoms with van der Waals surface area (Å²) in [5, 5.41) is 11.7. The van der Waals surface area contributed by atoms with E-state index < -0.39 is 52.7 Å². The first kappa shape index (κ1) is 66.9. The molecule has 0 radical (unpaired) electrons. The van der Waals surface area contributed by atoms with Crippen molar-refractivity contribution in [3.05, 3.63) is 24.3 Å². The van der Waals surface area contributed by atoms with Gasteiger partial charge in [0.25, 0.3) is 0 Å². The molecule has 4 N–H and O–H groups in total. The van der Waals surface area contributed by atoms with Gasteiger partial charge in [0.15, 0.2) is 8.32 Å². The largest absolute Gasteiger partial charge is 0.459 e. The minimum atomic E-state index is -2.02. The number of ether oxygens (including phenoxy) is 8. The summed E-state index contributed by atoms with van der Waals surface area (Å²) in [7, 11) is -3.66. The van der Waals surface area contributed by atoms with Gasteiger partial charge in [-0.15, -0.1) is 0 Å². The molecule has 0 bridgehead atoms. The predicted molar refractivity (Wildman–Crippen MR) is 294 cm³/mol. The Morgan fingerprint density at radius 2 is 0.880 bits per heavy atom. The lowest BCUT2D eigenvalue weighted by atomic mass is 9.62. The fraction of sp³-hybridized carbons (Fsp3) is 0.815. The van der Waals surface area contributed by atoms with E-state index in [0.717, 1.165) is 56.7 Å². The third kappa shape index (κ3) is 29.8. The van der Waals surface area contributed by atoms with Crippen LogP contribution in [0.1, 0.15) is 121 Å². The summed E-state index contributed by atoms with van der Waals surface area (Å²) in [5.74, 6) is -1.07. The molecule has 2 aliphatic carbocycles. The maximum absolute atomic E-state index is 12.8. The number of carbonyl (C=O) groups excluding carboxylic acids is 6. The van der Waals surface area contributed by atoms with Gasteiger partial charge < -0.3 is 63.6 Å². The maximum atomic E-state index is 12.8. The van der Waals surface area contributed by atoms with E-state index in [1.54, 1.807) is 13.8 Å². The van der Waals surface area contributed by atoms with Crippen LogP contribution in [0.15, 0.2) is 24.3 Å². The Morgan fingerprint density at radius 3 is 1.28 bits per heavy atom. The van der Waals surface area contributed by atoms with E-state index in [1.807, 2.05) is 0 Å². The molecule has 4 unspecified atom stereocenters. The Hall–Kier alpha value is -4.19. The molecule has 432 valence electrons. The summed E-state index contributed by atoms with van der Waals surface area (Å²) in [5.41, 5.74) is -0.458. The van der Waals surface area contributed by atoms with Crippen molar-refractivity contribution in [2.75, 3.05) is 79.2 Å². The number of esters is 2. The van der Waals surface area contributed by atoms with Gasteiger partial charge in [-0.2, -0.15) is 0 Å². The van der Waals surface area contributed by atoms with Crippen LogP contribution in [0, 0.1) is 21.7 Å². The molecule has 0 heterocycles. The monoisotopic (exact) mass is 1100 g/mol. The van der Waals surface area contributed by atoms with Crippen LogP contribution in [0.3, 0.4) is 0 Å². The molecule has 2 saturated carbocycles. The van der Waals surface area contributed by atoms with Crippen LogP contribution in [0.4, 0.5) is 19.2 Å². The van der Waals surface area contributed by atoms with Crippen molar-refractivity contribution in [2.45, 2.75) is 183 Å². The summed E-state index contributed by atoms with van der Waals surface area (Å²) in [6.07, 6.45) is 4.15. The summed E-state index contributed by atoms with van der Waals surface area (Å²) >= 11 is 0. The molecule has 0 spiro atoms. The van der Waals surface area contributed by atoms with Gasteiger partial charge in [-0.1, -0.05) is 73.8 Å². The van der Waals surface area contributed by atoms with E-state index >= 15 is 0 Å². The highest BCUT2D eigenvalue weighted by Crippen LogP contribution is 2.47. The Bertz CT molecular complexity index is 1770. The topological polar surface area (TPSA) is 234 Å². The van der Waals surface area contributed by atoms with Gasteiger partial charge in [-0.05, 0) is 126 Å². The van der Waals surface area contributed by atoms with Crippen LogP contribution >= 0.6 is 0 Å². The number of hydrogen-bond donors (Lipinski definition) is 4. The van der Waals surface area contributed by atoms with Gasteiger partial charge in [-0.3, -0.25) is 0 Å². The first-order valence-electron chi connectivity index (χ1n) is 26.8. The third-order valence-electron chi connectivity index (χ3n) is 13.2. The molecule has 0 aliphatic heterocycles. The molecule has 4 amide bonds. The lowest BCUT2D eigenvalue weighted by molar-refractivity contribution is -0.140. The smallest absolute Gasteiger partial charge is 0.407 e. The zero-order chi connectivity index (χ0) is 56.7. The van der Waals surface area contributed by atoms with Gasteiger partial charge in [-0.25, -0.2) is 28.8 Å². The molecule has 4 atom stereocenters. The second-order valence-electron chi connectivity index (χ2n) is 25.3. The molecule has 21 heteroatoms. The molecule has 0 aromatic carbocycles. The molecule has 0 saturated heterocycles. The molecule has 0 aromatic heterocycles. The van der Waals surface area contributed by atoms with Gasteiger partial charge in [0.1, 0.15) is 39.6 Å². The van der Waals surface area contributed by atoms with Crippen LogP contribution in [-0.2, 0) is 51.9 Å². The number of rotatable bonds is 32. The zero-order valence-electron chi connectivity index (χ0n) is 48.5. The number of nitrogens with one attached hydrogen (secondary N) is 4. The minimum absolute atomic E-state index is 0.0544. The van der Waals surface area contributed by atoms with Gasteiger partial charge in [0.05, 0.1) is 21.3 Å².